The Balaban J connectivity index is 1.49. The molecule has 2 saturated carbocycles. The zero-order chi connectivity index (χ0) is 21.8. The second-order valence-corrected chi connectivity index (χ2v) is 11.0. The lowest BCUT2D eigenvalue weighted by molar-refractivity contribution is -0.0978. The molecule has 3 aliphatic carbocycles. The zero-order valence-corrected chi connectivity index (χ0v) is 20.2. The van der Waals surface area contributed by atoms with Gasteiger partial charge in [0.15, 0.2) is 0 Å². The minimum Gasteiger partial charge on any atom is -0.508 e. The molecule has 0 aromatic heterocycles. The average molecular weight is 528 g/mol. The zero-order valence-electron chi connectivity index (χ0n) is 18.1. The first kappa shape index (κ1) is 21.3. The Morgan fingerprint density at radius 2 is 1.87 bits per heavy atom. The van der Waals surface area contributed by atoms with E-state index in [4.69, 9.17) is 4.74 Å². The Hall–Kier alpha value is -1.55. The van der Waals surface area contributed by atoms with Crippen molar-refractivity contribution in [1.82, 2.24) is 0 Å². The van der Waals surface area contributed by atoms with Crippen LogP contribution in [-0.4, -0.2) is 29.0 Å². The van der Waals surface area contributed by atoms with E-state index in [1.165, 1.54) is 14.7 Å². The highest BCUT2D eigenvalue weighted by atomic mass is 127. The molecule has 0 amide bonds. The third-order valence-electron chi connectivity index (χ3n) is 8.42. The van der Waals surface area contributed by atoms with Crippen molar-refractivity contribution in [2.75, 3.05) is 7.11 Å². The molecular formula is C27H29IO3. The number of halogens is 1. The summed E-state index contributed by atoms with van der Waals surface area (Å²) in [5, 5.41) is 21.8. The lowest BCUT2D eigenvalue weighted by Crippen LogP contribution is -2.53. The van der Waals surface area contributed by atoms with E-state index >= 15 is 0 Å². The largest absolute Gasteiger partial charge is 0.508 e. The SMILES string of the molecule is CO[C@@H]1Cc2cc(O)ccc2[C@H]2CC[C@@]3(C)[C@@H](CC[C@@]3(O)C#Cc3ccc(I)cc3)[C@@H]21. The first-order chi connectivity index (χ1) is 14.8. The van der Waals surface area contributed by atoms with Crippen molar-refractivity contribution in [3.05, 3.63) is 62.7 Å². The van der Waals surface area contributed by atoms with Crippen molar-refractivity contribution < 1.29 is 14.9 Å². The van der Waals surface area contributed by atoms with Crippen LogP contribution in [0.15, 0.2) is 42.5 Å². The van der Waals surface area contributed by atoms with Crippen LogP contribution in [0.25, 0.3) is 0 Å². The van der Waals surface area contributed by atoms with Gasteiger partial charge in [0.1, 0.15) is 11.4 Å². The van der Waals surface area contributed by atoms with Gasteiger partial charge < -0.3 is 14.9 Å². The molecule has 2 aromatic carbocycles. The predicted octanol–water partition coefficient (Wildman–Crippen LogP) is 5.26. The number of hydrogen-bond donors (Lipinski definition) is 2. The highest BCUT2D eigenvalue weighted by Crippen LogP contribution is 2.64. The van der Waals surface area contributed by atoms with E-state index in [-0.39, 0.29) is 11.5 Å². The molecule has 162 valence electrons. The number of aliphatic hydroxyl groups is 1. The maximum atomic E-state index is 11.8. The van der Waals surface area contributed by atoms with Gasteiger partial charge in [0.2, 0.25) is 0 Å². The Morgan fingerprint density at radius 1 is 1.10 bits per heavy atom. The monoisotopic (exact) mass is 528 g/mol. The van der Waals surface area contributed by atoms with E-state index in [1.807, 2.05) is 24.3 Å². The molecule has 0 bridgehead atoms. The minimum atomic E-state index is -0.973. The molecule has 0 radical (unpaired) electrons. The van der Waals surface area contributed by atoms with Crippen LogP contribution in [0.5, 0.6) is 5.75 Å². The van der Waals surface area contributed by atoms with Crippen LogP contribution in [0.4, 0.5) is 0 Å². The summed E-state index contributed by atoms with van der Waals surface area (Å²) in [6, 6.07) is 14.0. The summed E-state index contributed by atoms with van der Waals surface area (Å²) in [5.74, 6) is 8.07. The van der Waals surface area contributed by atoms with Crippen LogP contribution in [0, 0.1) is 32.7 Å². The van der Waals surface area contributed by atoms with Gasteiger partial charge in [0, 0.05) is 21.7 Å². The molecular weight excluding hydrogens is 499 g/mol. The van der Waals surface area contributed by atoms with Gasteiger partial charge in [-0.25, -0.2) is 0 Å². The highest BCUT2D eigenvalue weighted by molar-refractivity contribution is 14.1. The number of ether oxygens (including phenoxy) is 1. The number of fused-ring (bicyclic) bond motifs is 5. The molecule has 0 aliphatic heterocycles. The van der Waals surface area contributed by atoms with Crippen LogP contribution in [-0.2, 0) is 11.2 Å². The summed E-state index contributed by atoms with van der Waals surface area (Å²) in [5.41, 5.74) is 2.31. The summed E-state index contributed by atoms with van der Waals surface area (Å²) in [6.45, 7) is 2.25. The number of methoxy groups -OCH3 is 1. The average Bonchev–Trinajstić information content (AvgIpc) is 3.03. The van der Waals surface area contributed by atoms with Crippen LogP contribution < -0.4 is 0 Å². The molecule has 0 spiro atoms. The van der Waals surface area contributed by atoms with Crippen molar-refractivity contribution in [2.24, 2.45) is 17.3 Å². The Morgan fingerprint density at radius 3 is 2.61 bits per heavy atom. The molecule has 2 N–H and O–H groups in total. The minimum absolute atomic E-state index is 0.107. The Bertz CT molecular complexity index is 1050. The van der Waals surface area contributed by atoms with Gasteiger partial charge in [-0.15, -0.1) is 0 Å². The molecule has 31 heavy (non-hydrogen) atoms. The number of aromatic hydroxyl groups is 1. The maximum Gasteiger partial charge on any atom is 0.131 e. The van der Waals surface area contributed by atoms with Gasteiger partial charge in [-0.3, -0.25) is 0 Å². The van der Waals surface area contributed by atoms with Crippen molar-refractivity contribution in [3.63, 3.8) is 0 Å². The van der Waals surface area contributed by atoms with Crippen LogP contribution in [0.2, 0.25) is 0 Å². The lowest BCUT2D eigenvalue weighted by atomic mass is 9.52. The number of phenolic OH excluding ortho intramolecular Hbond substituents is 1. The summed E-state index contributed by atoms with van der Waals surface area (Å²) >= 11 is 2.29. The van der Waals surface area contributed by atoms with E-state index in [0.717, 1.165) is 31.2 Å². The quantitative estimate of drug-likeness (QED) is 0.392. The van der Waals surface area contributed by atoms with E-state index in [9.17, 15) is 10.2 Å². The van der Waals surface area contributed by atoms with Gasteiger partial charge in [0.25, 0.3) is 0 Å². The van der Waals surface area contributed by atoms with Gasteiger partial charge in [-0.05, 0) is 120 Å². The summed E-state index contributed by atoms with van der Waals surface area (Å²) in [6.07, 6.45) is 4.59. The Labute approximate surface area is 198 Å². The molecule has 0 saturated heterocycles. The second kappa shape index (κ2) is 7.79. The first-order valence-corrected chi connectivity index (χ1v) is 12.3. The van der Waals surface area contributed by atoms with Crippen molar-refractivity contribution in [1.29, 1.82) is 0 Å². The van der Waals surface area contributed by atoms with Crippen LogP contribution in [0.3, 0.4) is 0 Å². The normalized spacial score (nSPS) is 36.0. The molecule has 5 rings (SSSR count). The molecule has 2 fully saturated rings. The molecule has 0 heterocycles. The molecule has 3 aliphatic rings. The van der Waals surface area contributed by atoms with Gasteiger partial charge in [0.05, 0.1) is 6.10 Å². The van der Waals surface area contributed by atoms with Crippen LogP contribution >= 0.6 is 22.6 Å². The number of phenols is 1. The smallest absolute Gasteiger partial charge is 0.131 e. The predicted molar refractivity (Wildman–Crippen MR) is 130 cm³/mol. The molecule has 6 atom stereocenters. The third kappa shape index (κ3) is 3.41. The molecule has 4 heteroatoms. The van der Waals surface area contributed by atoms with Crippen LogP contribution in [0.1, 0.15) is 55.2 Å². The van der Waals surface area contributed by atoms with Crippen molar-refractivity contribution in [2.45, 2.75) is 56.7 Å². The fourth-order valence-corrected chi connectivity index (χ4v) is 7.09. The summed E-state index contributed by atoms with van der Waals surface area (Å²) in [4.78, 5) is 0. The van der Waals surface area contributed by atoms with E-state index in [0.29, 0.717) is 29.9 Å². The second-order valence-electron chi connectivity index (χ2n) is 9.76. The Kier molecular flexibility index (Phi) is 5.36. The topological polar surface area (TPSA) is 49.7 Å². The molecule has 0 unspecified atom stereocenters. The highest BCUT2D eigenvalue weighted by Gasteiger charge is 2.62. The number of benzene rings is 2. The van der Waals surface area contributed by atoms with Crippen molar-refractivity contribution >= 4 is 22.6 Å². The summed E-state index contributed by atoms with van der Waals surface area (Å²) in [7, 11) is 1.80. The number of rotatable bonds is 1. The fraction of sp³-hybridized carbons (Fsp3) is 0.481. The lowest BCUT2D eigenvalue weighted by Gasteiger charge is -2.54. The van der Waals surface area contributed by atoms with Gasteiger partial charge in [-0.2, -0.15) is 0 Å². The van der Waals surface area contributed by atoms with Crippen molar-refractivity contribution in [3.8, 4) is 17.6 Å². The number of hydrogen-bond acceptors (Lipinski definition) is 3. The van der Waals surface area contributed by atoms with E-state index in [2.05, 4.69) is 59.6 Å². The molecule has 2 aromatic rings. The first-order valence-electron chi connectivity index (χ1n) is 11.2. The summed E-state index contributed by atoms with van der Waals surface area (Å²) < 4.78 is 7.20. The third-order valence-corrected chi connectivity index (χ3v) is 9.14. The fourth-order valence-electron chi connectivity index (χ4n) is 6.73. The van der Waals surface area contributed by atoms with E-state index < -0.39 is 5.60 Å². The standard InChI is InChI=1S/C27H29IO3/c1-26-12-10-22-21-8-7-20(29)15-18(21)16-24(31-2)25(22)23(26)11-14-27(26,30)13-9-17-3-5-19(28)6-4-17/h3-8,15,22-25,29-30H,10-12,14,16H2,1-2H3/t22-,23+,24-,25-,26+,27+/m1/s1. The molecule has 3 nitrogen and oxygen atoms in total. The van der Waals surface area contributed by atoms with Gasteiger partial charge in [-0.1, -0.05) is 24.8 Å². The van der Waals surface area contributed by atoms with E-state index in [1.54, 1.807) is 7.11 Å². The maximum absolute atomic E-state index is 11.8. The van der Waals surface area contributed by atoms with Gasteiger partial charge >= 0.3 is 0 Å².